The summed E-state index contributed by atoms with van der Waals surface area (Å²) in [6.07, 6.45) is 1.05. The van der Waals surface area contributed by atoms with E-state index in [1.165, 1.54) is 0 Å². The van der Waals surface area contributed by atoms with Crippen molar-refractivity contribution >= 4 is 5.91 Å². The van der Waals surface area contributed by atoms with Crippen molar-refractivity contribution in [1.29, 1.82) is 0 Å². The Bertz CT molecular complexity index is 251. The van der Waals surface area contributed by atoms with Gasteiger partial charge in [0.15, 0.2) is 0 Å². The number of amides is 1. The van der Waals surface area contributed by atoms with E-state index in [4.69, 9.17) is 9.47 Å². The number of hydrogen-bond donors (Lipinski definition) is 1. The fourth-order valence-corrected chi connectivity index (χ4v) is 1.20. The van der Waals surface area contributed by atoms with Crippen LogP contribution in [0.5, 0.6) is 0 Å². The highest BCUT2D eigenvalue weighted by Crippen LogP contribution is 2.17. The van der Waals surface area contributed by atoms with E-state index in [1.54, 1.807) is 0 Å². The van der Waals surface area contributed by atoms with E-state index >= 15 is 0 Å². The second-order valence-electron chi connectivity index (χ2n) is 7.04. The molecule has 0 aromatic rings. The molecular formula is C15H31NO3. The van der Waals surface area contributed by atoms with Crippen LogP contribution in [0.15, 0.2) is 0 Å². The number of carbonyl (C=O) groups excluding carboxylic acids is 1. The number of carbonyl (C=O) groups is 1. The number of hydrogen-bond acceptors (Lipinski definition) is 3. The molecule has 1 N–H and O–H groups in total. The normalized spacial score (nSPS) is 12.5. The topological polar surface area (TPSA) is 47.6 Å². The molecule has 0 aliphatic rings. The molecule has 0 radical (unpaired) electrons. The quantitative estimate of drug-likeness (QED) is 0.692. The van der Waals surface area contributed by atoms with Gasteiger partial charge in [0.1, 0.15) is 0 Å². The summed E-state index contributed by atoms with van der Waals surface area (Å²) in [6.45, 7) is 15.3. The van der Waals surface area contributed by atoms with Crippen LogP contribution in [-0.4, -0.2) is 38.9 Å². The molecule has 1 amide bonds. The van der Waals surface area contributed by atoms with Gasteiger partial charge in [0, 0.05) is 18.6 Å². The Balaban J connectivity index is 3.31. The minimum absolute atomic E-state index is 0.0533. The van der Waals surface area contributed by atoms with Crippen LogP contribution in [0.1, 0.15) is 48.0 Å². The van der Waals surface area contributed by atoms with E-state index in [0.717, 1.165) is 13.0 Å². The van der Waals surface area contributed by atoms with Gasteiger partial charge in [-0.2, -0.15) is 0 Å². The van der Waals surface area contributed by atoms with E-state index in [0.29, 0.717) is 31.8 Å². The van der Waals surface area contributed by atoms with Crippen LogP contribution in [-0.2, 0) is 14.3 Å². The Morgan fingerprint density at radius 1 is 0.895 bits per heavy atom. The fraction of sp³-hybridized carbons (Fsp3) is 0.933. The molecule has 4 nitrogen and oxygen atoms in total. The monoisotopic (exact) mass is 273 g/mol. The summed E-state index contributed by atoms with van der Waals surface area (Å²) in [7, 11) is 0. The summed E-state index contributed by atoms with van der Waals surface area (Å²) < 4.78 is 10.9. The molecule has 0 saturated carbocycles. The summed E-state index contributed by atoms with van der Waals surface area (Å²) in [5, 5.41) is 2.84. The van der Waals surface area contributed by atoms with E-state index < -0.39 is 0 Å². The Morgan fingerprint density at radius 3 is 1.89 bits per heavy atom. The van der Waals surface area contributed by atoms with Gasteiger partial charge in [-0.25, -0.2) is 0 Å². The third-order valence-electron chi connectivity index (χ3n) is 2.58. The van der Waals surface area contributed by atoms with Crippen LogP contribution in [0, 0.1) is 10.8 Å². The first-order chi connectivity index (χ1) is 8.63. The fourth-order valence-electron chi connectivity index (χ4n) is 1.20. The first kappa shape index (κ1) is 18.4. The molecule has 4 heteroatoms. The molecule has 0 heterocycles. The van der Waals surface area contributed by atoms with Crippen LogP contribution < -0.4 is 5.32 Å². The molecular weight excluding hydrogens is 242 g/mol. The number of nitrogens with one attached hydrogen (secondary N) is 1. The molecule has 114 valence electrons. The van der Waals surface area contributed by atoms with Crippen molar-refractivity contribution < 1.29 is 14.3 Å². The Kier molecular flexibility index (Phi) is 8.26. The molecule has 0 unspecified atom stereocenters. The standard InChI is InChI=1S/C15H31NO3/c1-14(2,3)7-9-18-11-12-19-10-8-16-13(17)15(4,5)6/h7-12H2,1-6H3,(H,16,17). The largest absolute Gasteiger partial charge is 0.379 e. The Hall–Kier alpha value is -0.610. The smallest absolute Gasteiger partial charge is 0.225 e. The van der Waals surface area contributed by atoms with E-state index in [1.807, 2.05) is 20.8 Å². The lowest BCUT2D eigenvalue weighted by atomic mass is 9.93. The molecule has 0 aromatic heterocycles. The van der Waals surface area contributed by atoms with Crippen LogP contribution >= 0.6 is 0 Å². The molecule has 0 spiro atoms. The lowest BCUT2D eigenvalue weighted by Gasteiger charge is -2.18. The predicted octanol–water partition coefficient (Wildman–Crippen LogP) is 2.62. The highest BCUT2D eigenvalue weighted by molar-refractivity contribution is 5.81. The van der Waals surface area contributed by atoms with Gasteiger partial charge in [0.25, 0.3) is 0 Å². The van der Waals surface area contributed by atoms with Crippen molar-refractivity contribution in [1.82, 2.24) is 5.32 Å². The first-order valence-electron chi connectivity index (χ1n) is 7.07. The third kappa shape index (κ3) is 12.2. The van der Waals surface area contributed by atoms with Crippen molar-refractivity contribution in [2.75, 3.05) is 33.0 Å². The molecule has 0 atom stereocenters. The SMILES string of the molecule is CC(C)(C)CCOCCOCCNC(=O)C(C)(C)C. The maximum atomic E-state index is 11.5. The maximum absolute atomic E-state index is 11.5. The van der Waals surface area contributed by atoms with Crippen LogP contribution in [0.3, 0.4) is 0 Å². The first-order valence-corrected chi connectivity index (χ1v) is 7.07. The predicted molar refractivity (Wildman–Crippen MR) is 78.2 cm³/mol. The molecule has 0 bridgehead atoms. The molecule has 0 aliphatic carbocycles. The zero-order chi connectivity index (χ0) is 14.9. The van der Waals surface area contributed by atoms with Crippen molar-refractivity contribution in [3.8, 4) is 0 Å². The average Bonchev–Trinajstić information content (AvgIpc) is 2.23. The van der Waals surface area contributed by atoms with Gasteiger partial charge < -0.3 is 14.8 Å². The van der Waals surface area contributed by atoms with Crippen molar-refractivity contribution in [2.24, 2.45) is 10.8 Å². The van der Waals surface area contributed by atoms with Gasteiger partial charge in [-0.1, -0.05) is 41.5 Å². The van der Waals surface area contributed by atoms with Crippen molar-refractivity contribution in [3.63, 3.8) is 0 Å². The molecule has 0 aliphatic heterocycles. The second kappa shape index (κ2) is 8.54. The number of rotatable bonds is 8. The average molecular weight is 273 g/mol. The zero-order valence-electron chi connectivity index (χ0n) is 13.5. The number of ether oxygens (including phenoxy) is 2. The van der Waals surface area contributed by atoms with Gasteiger partial charge in [-0.05, 0) is 11.8 Å². The van der Waals surface area contributed by atoms with Gasteiger partial charge in [0.05, 0.1) is 19.8 Å². The molecule has 0 fully saturated rings. The minimum atomic E-state index is -0.337. The molecule has 0 saturated heterocycles. The lowest BCUT2D eigenvalue weighted by molar-refractivity contribution is -0.128. The lowest BCUT2D eigenvalue weighted by Crippen LogP contribution is -2.36. The molecule has 19 heavy (non-hydrogen) atoms. The Labute approximate surface area is 118 Å². The van der Waals surface area contributed by atoms with E-state index in [-0.39, 0.29) is 11.3 Å². The maximum Gasteiger partial charge on any atom is 0.225 e. The zero-order valence-corrected chi connectivity index (χ0v) is 13.5. The Morgan fingerprint density at radius 2 is 1.42 bits per heavy atom. The molecule has 0 aromatic carbocycles. The summed E-state index contributed by atoms with van der Waals surface area (Å²) in [5.74, 6) is 0.0533. The van der Waals surface area contributed by atoms with Crippen molar-refractivity contribution in [2.45, 2.75) is 48.0 Å². The summed E-state index contributed by atoms with van der Waals surface area (Å²) in [4.78, 5) is 11.5. The summed E-state index contributed by atoms with van der Waals surface area (Å²) >= 11 is 0. The van der Waals surface area contributed by atoms with Gasteiger partial charge in [0.2, 0.25) is 5.91 Å². The van der Waals surface area contributed by atoms with Gasteiger partial charge >= 0.3 is 0 Å². The summed E-state index contributed by atoms with van der Waals surface area (Å²) in [5.41, 5.74) is -0.0197. The van der Waals surface area contributed by atoms with Gasteiger partial charge in [-0.3, -0.25) is 4.79 Å². The van der Waals surface area contributed by atoms with E-state index in [2.05, 4.69) is 26.1 Å². The summed E-state index contributed by atoms with van der Waals surface area (Å²) in [6, 6.07) is 0. The van der Waals surface area contributed by atoms with Crippen LogP contribution in [0.4, 0.5) is 0 Å². The van der Waals surface area contributed by atoms with Crippen LogP contribution in [0.25, 0.3) is 0 Å². The van der Waals surface area contributed by atoms with Crippen molar-refractivity contribution in [3.05, 3.63) is 0 Å². The molecule has 0 rings (SSSR count). The second-order valence-corrected chi connectivity index (χ2v) is 7.04. The third-order valence-corrected chi connectivity index (χ3v) is 2.58. The highest BCUT2D eigenvalue weighted by Gasteiger charge is 2.20. The van der Waals surface area contributed by atoms with Gasteiger partial charge in [-0.15, -0.1) is 0 Å². The van der Waals surface area contributed by atoms with E-state index in [9.17, 15) is 4.79 Å². The van der Waals surface area contributed by atoms with Crippen LogP contribution in [0.2, 0.25) is 0 Å². The minimum Gasteiger partial charge on any atom is -0.379 e. The highest BCUT2D eigenvalue weighted by atomic mass is 16.5.